The maximum Gasteiger partial charge on any atom is 0.261 e. The summed E-state index contributed by atoms with van der Waals surface area (Å²) in [5, 5.41) is 15.3. The van der Waals surface area contributed by atoms with Crippen LogP contribution in [0, 0.1) is 12.8 Å². The van der Waals surface area contributed by atoms with Crippen LogP contribution in [-0.2, 0) is 16.1 Å². The monoisotopic (exact) mass is 775 g/mol. The van der Waals surface area contributed by atoms with Crippen LogP contribution in [0.5, 0.6) is 40.2 Å². The number of fused-ring (bicyclic) bond motifs is 3. The summed E-state index contributed by atoms with van der Waals surface area (Å²) in [5.41, 5.74) is -1.72. The number of benzene rings is 3. The third-order valence-corrected chi connectivity index (χ3v) is 10.7. The molecule has 1 aliphatic carbocycles. The van der Waals surface area contributed by atoms with Crippen LogP contribution in [0.3, 0.4) is 0 Å². The first kappa shape index (κ1) is 37.4. The van der Waals surface area contributed by atoms with E-state index in [1.165, 1.54) is 39.1 Å². The molecule has 3 aliphatic rings. The minimum absolute atomic E-state index is 0.0101. The van der Waals surface area contributed by atoms with Crippen LogP contribution in [0.4, 0.5) is 0 Å². The number of carbonyl (C=O) groups is 3. The second kappa shape index (κ2) is 14.4. The van der Waals surface area contributed by atoms with Gasteiger partial charge in [0, 0.05) is 55.5 Å². The molecule has 1 unspecified atom stereocenters. The van der Waals surface area contributed by atoms with E-state index in [-0.39, 0.29) is 71.7 Å². The average Bonchev–Trinajstić information content (AvgIpc) is 3.77. The van der Waals surface area contributed by atoms with Crippen molar-refractivity contribution in [1.82, 2.24) is 14.9 Å². The first-order chi connectivity index (χ1) is 26.4. The Morgan fingerprint density at radius 1 is 1.00 bits per heavy atom. The molecule has 1 amide bonds. The Hall–Kier alpha value is -5.96. The van der Waals surface area contributed by atoms with Crippen LogP contribution in [0.15, 0.2) is 52.5 Å². The zero-order chi connectivity index (χ0) is 39.3. The molecule has 2 aliphatic heterocycles. The number of amides is 1. The van der Waals surface area contributed by atoms with Crippen LogP contribution in [-0.4, -0.2) is 79.5 Å². The number of aliphatic hydroxyl groups excluding tert-OH is 1. The highest BCUT2D eigenvalue weighted by Gasteiger charge is 2.61. The lowest BCUT2D eigenvalue weighted by atomic mass is 9.69. The highest BCUT2D eigenvalue weighted by atomic mass is 35.5. The number of halogens is 1. The van der Waals surface area contributed by atoms with Crippen molar-refractivity contribution in [2.24, 2.45) is 5.92 Å². The van der Waals surface area contributed by atoms with Crippen molar-refractivity contribution < 1.29 is 52.6 Å². The molecule has 0 saturated carbocycles. The highest BCUT2D eigenvalue weighted by molar-refractivity contribution is 6.35. The van der Waals surface area contributed by atoms with Crippen molar-refractivity contribution in [3.05, 3.63) is 80.1 Å². The summed E-state index contributed by atoms with van der Waals surface area (Å²) in [4.78, 5) is 60.3. The van der Waals surface area contributed by atoms with Crippen molar-refractivity contribution in [3.63, 3.8) is 0 Å². The van der Waals surface area contributed by atoms with E-state index < -0.39 is 40.7 Å². The summed E-state index contributed by atoms with van der Waals surface area (Å²) >= 11 is 6.62. The van der Waals surface area contributed by atoms with Gasteiger partial charge in [0.1, 0.15) is 27.9 Å². The highest BCUT2D eigenvalue weighted by Crippen LogP contribution is 2.56. The number of Topliss-reactive ketones (excluding diaryl/α,β-unsaturated/α-hetero) is 2. The topological polar surface area (TPSA) is 183 Å². The molecule has 2 N–H and O–H groups in total. The zero-order valence-electron chi connectivity index (χ0n) is 30.9. The van der Waals surface area contributed by atoms with Crippen molar-refractivity contribution >= 4 is 40.0 Å². The third kappa shape index (κ3) is 6.02. The fourth-order valence-electron chi connectivity index (χ4n) is 7.54. The number of nitrogens with zero attached hydrogens (tertiary/aromatic N) is 2. The number of ketones is 2. The van der Waals surface area contributed by atoms with Gasteiger partial charge in [-0.1, -0.05) is 24.6 Å². The maximum absolute atomic E-state index is 14.4. The van der Waals surface area contributed by atoms with Gasteiger partial charge in [0.05, 0.1) is 39.3 Å². The van der Waals surface area contributed by atoms with Gasteiger partial charge in [0.25, 0.3) is 5.56 Å². The van der Waals surface area contributed by atoms with Crippen LogP contribution >= 0.6 is 11.6 Å². The molecule has 55 heavy (non-hydrogen) atoms. The predicted molar refractivity (Wildman–Crippen MR) is 197 cm³/mol. The first-order valence-corrected chi connectivity index (χ1v) is 17.7. The Morgan fingerprint density at radius 2 is 1.69 bits per heavy atom. The third-order valence-electron chi connectivity index (χ3n) is 10.4. The molecule has 4 aromatic rings. The second-order valence-corrected chi connectivity index (χ2v) is 13.7. The normalized spacial score (nSPS) is 19.0. The van der Waals surface area contributed by atoms with E-state index in [9.17, 15) is 24.3 Å². The van der Waals surface area contributed by atoms with Gasteiger partial charge < -0.3 is 43.6 Å². The summed E-state index contributed by atoms with van der Waals surface area (Å²) < 4.78 is 40.4. The molecule has 0 radical (unpaired) electrons. The van der Waals surface area contributed by atoms with Crippen molar-refractivity contribution in [2.75, 3.05) is 41.8 Å². The molecule has 0 saturated heterocycles. The van der Waals surface area contributed by atoms with Gasteiger partial charge in [-0.15, -0.1) is 0 Å². The molecule has 1 aromatic heterocycles. The summed E-state index contributed by atoms with van der Waals surface area (Å²) in [7, 11) is 5.72. The van der Waals surface area contributed by atoms with Crippen LogP contribution in [0.2, 0.25) is 5.02 Å². The maximum atomic E-state index is 14.4. The number of carbonyl (C=O) groups excluding carboxylic acids is 3. The number of aromatic nitrogens is 2. The SMILES string of the molecule is COc1cc2nc(C)n(CCNC(=O)CC(C3=C(O)[C@@]4(Oc5c(Cl)c(OC)cc(OC)c5C4=O)[C@H](C)CC3=O)c3ccc4c(c3)OCO4)c(=O)c2cc1OC. The number of hydrogen-bond acceptors (Lipinski definition) is 13. The molecule has 1 spiro atoms. The molecule has 3 aromatic carbocycles. The lowest BCUT2D eigenvalue weighted by Crippen LogP contribution is -2.53. The van der Waals surface area contributed by atoms with E-state index in [4.69, 9.17) is 44.8 Å². The number of ether oxygens (including phenoxy) is 7. The van der Waals surface area contributed by atoms with Gasteiger partial charge in [0.15, 0.2) is 40.3 Å². The van der Waals surface area contributed by atoms with Crippen LogP contribution in [0.25, 0.3) is 10.9 Å². The first-order valence-electron chi connectivity index (χ1n) is 17.3. The Bertz CT molecular complexity index is 2370. The number of rotatable bonds is 11. The van der Waals surface area contributed by atoms with Crippen molar-refractivity contribution in [2.45, 2.75) is 44.8 Å². The molecule has 0 fully saturated rings. The van der Waals surface area contributed by atoms with Gasteiger partial charge in [-0.25, -0.2) is 4.98 Å². The van der Waals surface area contributed by atoms with Gasteiger partial charge in [-0.05, 0) is 30.7 Å². The van der Waals surface area contributed by atoms with Crippen molar-refractivity contribution in [3.8, 4) is 40.2 Å². The lowest BCUT2D eigenvalue weighted by Gasteiger charge is -2.38. The van der Waals surface area contributed by atoms with Gasteiger partial charge in [0.2, 0.25) is 24.1 Å². The molecule has 3 heterocycles. The predicted octanol–water partition coefficient (Wildman–Crippen LogP) is 4.85. The lowest BCUT2D eigenvalue weighted by molar-refractivity contribution is -0.121. The Kier molecular flexibility index (Phi) is 9.75. The molecule has 16 heteroatoms. The number of nitrogens with one attached hydrogen (secondary N) is 1. The number of hydrogen-bond donors (Lipinski definition) is 2. The Morgan fingerprint density at radius 3 is 2.40 bits per heavy atom. The van der Waals surface area contributed by atoms with Crippen molar-refractivity contribution in [1.29, 1.82) is 0 Å². The van der Waals surface area contributed by atoms with E-state index in [0.29, 0.717) is 45.3 Å². The van der Waals surface area contributed by atoms with E-state index in [0.717, 1.165) is 0 Å². The fraction of sp³-hybridized carbons (Fsp3) is 0.359. The number of aliphatic hydroxyl groups is 1. The Labute approximate surface area is 319 Å². The smallest absolute Gasteiger partial charge is 0.261 e. The summed E-state index contributed by atoms with van der Waals surface area (Å²) in [6.45, 7) is 3.37. The van der Waals surface area contributed by atoms with Gasteiger partial charge >= 0.3 is 0 Å². The minimum atomic E-state index is -2.06. The molecule has 288 valence electrons. The van der Waals surface area contributed by atoms with Gasteiger partial charge in [-0.2, -0.15) is 0 Å². The molecule has 0 bridgehead atoms. The van der Waals surface area contributed by atoms with Gasteiger partial charge in [-0.3, -0.25) is 23.7 Å². The summed E-state index contributed by atoms with van der Waals surface area (Å²) in [5.74, 6) is -1.92. The summed E-state index contributed by atoms with van der Waals surface area (Å²) in [6, 6.07) is 9.55. The van der Waals surface area contributed by atoms with Crippen LogP contribution in [0.1, 0.15) is 47.4 Å². The second-order valence-electron chi connectivity index (χ2n) is 13.3. The molecule has 3 atom stereocenters. The molecule has 15 nitrogen and oxygen atoms in total. The van der Waals surface area contributed by atoms with E-state index in [1.807, 2.05) is 0 Å². The number of methoxy groups -OCH3 is 4. The van der Waals surface area contributed by atoms with E-state index >= 15 is 0 Å². The standard InChI is InChI=1S/C39H38ClN3O12/c1-18-11-24(44)32(36(46)39(18)37(47)33-29(51-5)16-30(52-6)34(40)35(33)55-39)21(20-7-8-25-28(12-20)54-17-53-25)14-31(45)41-9-10-43-19(2)42-23-15-27(50-4)26(49-3)13-22(23)38(43)48/h7-8,12-13,15-16,18,21,46H,9-11,14,17H2,1-6H3,(H,41,45)/t18-,21?,39+/m1/s1. The van der Waals surface area contributed by atoms with E-state index in [2.05, 4.69) is 10.3 Å². The minimum Gasteiger partial charge on any atom is -0.507 e. The molecular weight excluding hydrogens is 738 g/mol. The molecular formula is C39H38ClN3O12. The van der Waals surface area contributed by atoms with E-state index in [1.54, 1.807) is 44.2 Å². The fourth-order valence-corrected chi connectivity index (χ4v) is 7.81. The number of allylic oxidation sites excluding steroid dienone is 1. The Balaban J connectivity index is 1.23. The summed E-state index contributed by atoms with van der Waals surface area (Å²) in [6.07, 6.45) is -0.540. The van der Waals surface area contributed by atoms with Crippen LogP contribution < -0.4 is 44.0 Å². The molecule has 7 rings (SSSR count). The largest absolute Gasteiger partial charge is 0.507 e. The number of aryl methyl sites for hydroxylation is 1. The zero-order valence-corrected chi connectivity index (χ0v) is 31.6. The average molecular weight is 776 g/mol. The quantitative estimate of drug-likeness (QED) is 0.211.